The van der Waals surface area contributed by atoms with Gasteiger partial charge in [-0.2, -0.15) is 5.10 Å². The Morgan fingerprint density at radius 2 is 1.73 bits per heavy atom. The third-order valence-electron chi connectivity index (χ3n) is 5.02. The number of carbonyl (C=O) groups excluding carboxylic acids is 2. The topological polar surface area (TPSA) is 94.5 Å². The van der Waals surface area contributed by atoms with Gasteiger partial charge in [-0.15, -0.1) is 0 Å². The molecular formula is C24H26N4O4S. The number of methoxy groups -OCH3 is 1. The molecule has 1 heterocycles. The molecule has 2 aromatic carbocycles. The van der Waals surface area contributed by atoms with E-state index < -0.39 is 0 Å². The fraction of sp³-hybridized carbons (Fsp3) is 0.250. The van der Waals surface area contributed by atoms with Crippen molar-refractivity contribution in [3.8, 4) is 0 Å². The smallest absolute Gasteiger partial charge is 0.338 e. The summed E-state index contributed by atoms with van der Waals surface area (Å²) in [5.74, 6) is -0.748. The van der Waals surface area contributed by atoms with E-state index in [4.69, 9.17) is 21.7 Å². The van der Waals surface area contributed by atoms with Crippen molar-refractivity contribution >= 4 is 40.6 Å². The lowest BCUT2D eigenvalue weighted by Gasteiger charge is -2.12. The maximum atomic E-state index is 12.1. The number of rotatable bonds is 7. The Labute approximate surface area is 197 Å². The van der Waals surface area contributed by atoms with Gasteiger partial charge in [0.25, 0.3) is 0 Å². The molecule has 3 rings (SSSR count). The van der Waals surface area contributed by atoms with E-state index in [0.717, 1.165) is 28.3 Å². The first-order valence-electron chi connectivity index (χ1n) is 10.4. The van der Waals surface area contributed by atoms with E-state index in [0.29, 0.717) is 29.4 Å². The van der Waals surface area contributed by atoms with Gasteiger partial charge in [0, 0.05) is 5.69 Å². The van der Waals surface area contributed by atoms with E-state index in [-0.39, 0.29) is 11.9 Å². The number of hydrogen-bond acceptors (Lipinski definition) is 6. The molecule has 0 amide bonds. The maximum absolute atomic E-state index is 12.1. The van der Waals surface area contributed by atoms with Crippen LogP contribution in [0.3, 0.4) is 0 Å². The number of nitrogens with one attached hydrogen (secondary N) is 2. The molecule has 0 saturated heterocycles. The van der Waals surface area contributed by atoms with Crippen LogP contribution >= 0.6 is 12.2 Å². The molecule has 0 aliphatic heterocycles. The Morgan fingerprint density at radius 1 is 1.03 bits per heavy atom. The number of ether oxygens (including phenoxy) is 2. The number of esters is 2. The summed E-state index contributed by atoms with van der Waals surface area (Å²) in [6.45, 7) is 6.32. The molecular weight excluding hydrogens is 440 g/mol. The van der Waals surface area contributed by atoms with Gasteiger partial charge in [0.1, 0.15) is 0 Å². The maximum Gasteiger partial charge on any atom is 0.338 e. The third kappa shape index (κ3) is 5.75. The van der Waals surface area contributed by atoms with Gasteiger partial charge in [-0.3, -0.25) is 4.68 Å². The molecule has 0 atom stereocenters. The number of hydrogen-bond donors (Lipinski definition) is 2. The highest BCUT2D eigenvalue weighted by molar-refractivity contribution is 7.80. The van der Waals surface area contributed by atoms with E-state index >= 15 is 0 Å². The zero-order valence-electron chi connectivity index (χ0n) is 19.0. The number of carbonyl (C=O) groups is 2. The molecule has 1 aromatic heterocycles. The lowest BCUT2D eigenvalue weighted by atomic mass is 10.1. The number of aromatic nitrogens is 2. The average molecular weight is 467 g/mol. The van der Waals surface area contributed by atoms with Gasteiger partial charge in [-0.25, -0.2) is 9.59 Å². The molecule has 0 fully saturated rings. The van der Waals surface area contributed by atoms with Crippen molar-refractivity contribution in [2.24, 2.45) is 0 Å². The first-order valence-corrected chi connectivity index (χ1v) is 10.8. The van der Waals surface area contributed by atoms with E-state index in [1.807, 2.05) is 30.7 Å². The predicted molar refractivity (Wildman–Crippen MR) is 131 cm³/mol. The fourth-order valence-electron chi connectivity index (χ4n) is 3.34. The Bertz CT molecular complexity index is 1170. The quantitative estimate of drug-likeness (QED) is 0.393. The Balaban J connectivity index is 1.71. The average Bonchev–Trinajstić information content (AvgIpc) is 3.06. The van der Waals surface area contributed by atoms with Gasteiger partial charge < -0.3 is 20.1 Å². The van der Waals surface area contributed by atoms with Crippen molar-refractivity contribution in [2.75, 3.05) is 24.4 Å². The van der Waals surface area contributed by atoms with E-state index in [9.17, 15) is 9.59 Å². The van der Waals surface area contributed by atoms with Crippen LogP contribution in [0.25, 0.3) is 0 Å². The standard InChI is InChI=1S/C24H26N4O4S/c1-5-32-22(29)17-10-12-19(13-11-17)25-24(33)26-21-15(2)27-28(16(21)3)14-18-8-6-7-9-20(18)23(30)31-4/h6-13H,5,14H2,1-4H3,(H2,25,26,33). The number of nitrogens with zero attached hydrogens (tertiary/aromatic N) is 2. The lowest BCUT2D eigenvalue weighted by molar-refractivity contribution is 0.0525. The summed E-state index contributed by atoms with van der Waals surface area (Å²) in [6, 6.07) is 14.2. The molecule has 0 saturated carbocycles. The third-order valence-corrected chi connectivity index (χ3v) is 5.22. The van der Waals surface area contributed by atoms with Crippen molar-refractivity contribution in [1.29, 1.82) is 0 Å². The molecule has 33 heavy (non-hydrogen) atoms. The highest BCUT2D eigenvalue weighted by Crippen LogP contribution is 2.22. The predicted octanol–water partition coefficient (Wildman–Crippen LogP) is 4.32. The SMILES string of the molecule is CCOC(=O)c1ccc(NC(=S)Nc2c(C)nn(Cc3ccccc3C(=O)OC)c2C)cc1. The van der Waals surface area contributed by atoms with Gasteiger partial charge in [0.15, 0.2) is 5.11 Å². The first-order chi connectivity index (χ1) is 15.8. The van der Waals surface area contributed by atoms with Crippen LogP contribution in [0, 0.1) is 13.8 Å². The molecule has 8 nitrogen and oxygen atoms in total. The van der Waals surface area contributed by atoms with Crippen molar-refractivity contribution in [3.05, 3.63) is 76.6 Å². The zero-order valence-corrected chi connectivity index (χ0v) is 19.8. The number of anilines is 2. The van der Waals surface area contributed by atoms with Crippen LogP contribution in [0.5, 0.6) is 0 Å². The number of aryl methyl sites for hydroxylation is 1. The van der Waals surface area contributed by atoms with Crippen LogP contribution in [0.15, 0.2) is 48.5 Å². The minimum atomic E-state index is -0.384. The Morgan fingerprint density at radius 3 is 2.39 bits per heavy atom. The Hall–Kier alpha value is -3.72. The summed E-state index contributed by atoms with van der Waals surface area (Å²) >= 11 is 5.46. The van der Waals surface area contributed by atoms with Gasteiger partial charge in [0.2, 0.25) is 0 Å². The summed E-state index contributed by atoms with van der Waals surface area (Å²) in [5, 5.41) is 11.3. The van der Waals surface area contributed by atoms with E-state index in [1.54, 1.807) is 43.3 Å². The molecule has 0 bridgehead atoms. The largest absolute Gasteiger partial charge is 0.465 e. The summed E-state index contributed by atoms with van der Waals surface area (Å²) in [7, 11) is 1.36. The van der Waals surface area contributed by atoms with Gasteiger partial charge in [-0.05, 0) is 68.9 Å². The fourth-order valence-corrected chi connectivity index (χ4v) is 3.56. The molecule has 0 aliphatic carbocycles. The van der Waals surface area contributed by atoms with Crippen molar-refractivity contribution < 1.29 is 19.1 Å². The molecule has 172 valence electrons. The van der Waals surface area contributed by atoms with Gasteiger partial charge in [0.05, 0.1) is 48.5 Å². The van der Waals surface area contributed by atoms with Gasteiger partial charge >= 0.3 is 11.9 Å². The second-order valence-electron chi connectivity index (χ2n) is 7.23. The van der Waals surface area contributed by atoms with Crippen LogP contribution < -0.4 is 10.6 Å². The number of thiocarbonyl (C=S) groups is 1. The van der Waals surface area contributed by atoms with Gasteiger partial charge in [-0.1, -0.05) is 18.2 Å². The summed E-state index contributed by atoms with van der Waals surface area (Å²) in [6.07, 6.45) is 0. The second kappa shape index (κ2) is 10.7. The van der Waals surface area contributed by atoms with Crippen LogP contribution in [-0.4, -0.2) is 40.5 Å². The molecule has 0 radical (unpaired) electrons. The molecule has 3 aromatic rings. The van der Waals surface area contributed by atoms with Crippen LogP contribution in [0.2, 0.25) is 0 Å². The van der Waals surface area contributed by atoms with Crippen LogP contribution in [0.4, 0.5) is 11.4 Å². The lowest BCUT2D eigenvalue weighted by Crippen LogP contribution is -2.20. The van der Waals surface area contributed by atoms with E-state index in [2.05, 4.69) is 15.7 Å². The summed E-state index contributed by atoms with van der Waals surface area (Å²) < 4.78 is 11.7. The molecule has 0 spiro atoms. The minimum Gasteiger partial charge on any atom is -0.465 e. The summed E-state index contributed by atoms with van der Waals surface area (Å²) in [5.41, 5.74) is 4.94. The Kier molecular flexibility index (Phi) is 7.78. The molecule has 9 heteroatoms. The monoisotopic (exact) mass is 466 g/mol. The molecule has 0 unspecified atom stereocenters. The van der Waals surface area contributed by atoms with Crippen molar-refractivity contribution in [3.63, 3.8) is 0 Å². The molecule has 2 N–H and O–H groups in total. The highest BCUT2D eigenvalue weighted by Gasteiger charge is 2.16. The summed E-state index contributed by atoms with van der Waals surface area (Å²) in [4.78, 5) is 23.9. The molecule has 0 aliphatic rings. The van der Waals surface area contributed by atoms with E-state index in [1.165, 1.54) is 7.11 Å². The number of benzene rings is 2. The minimum absolute atomic E-state index is 0.327. The van der Waals surface area contributed by atoms with Crippen molar-refractivity contribution in [1.82, 2.24) is 9.78 Å². The van der Waals surface area contributed by atoms with Crippen molar-refractivity contribution in [2.45, 2.75) is 27.3 Å². The second-order valence-corrected chi connectivity index (χ2v) is 7.64. The normalized spacial score (nSPS) is 10.4. The highest BCUT2D eigenvalue weighted by atomic mass is 32.1. The first kappa shape index (κ1) is 23.9. The van der Waals surface area contributed by atoms with Crippen LogP contribution in [0.1, 0.15) is 44.6 Å². The van der Waals surface area contributed by atoms with Crippen LogP contribution in [-0.2, 0) is 16.0 Å². The zero-order chi connectivity index (χ0) is 24.0.